The summed E-state index contributed by atoms with van der Waals surface area (Å²) in [7, 11) is 0. The molecule has 1 rings (SSSR count). The zero-order valence-corrected chi connectivity index (χ0v) is 13.8. The van der Waals surface area contributed by atoms with Crippen LogP contribution in [-0.4, -0.2) is 37.1 Å². The summed E-state index contributed by atoms with van der Waals surface area (Å²) in [6.07, 6.45) is 9.49. The molecule has 0 aromatic carbocycles. The number of rotatable bonds is 9. The monoisotopic (exact) mass is 278 g/mol. The van der Waals surface area contributed by atoms with Gasteiger partial charge in [0.25, 0.3) is 0 Å². The molecule has 0 amide bonds. The lowest BCUT2D eigenvalue weighted by atomic mass is 9.69. The summed E-state index contributed by atoms with van der Waals surface area (Å²) in [5, 5.41) is 3.69. The number of hydrogen-bond acceptors (Lipinski definition) is 2. The van der Waals surface area contributed by atoms with Crippen LogP contribution in [0.5, 0.6) is 0 Å². The summed E-state index contributed by atoms with van der Waals surface area (Å²) >= 11 is 0. The van der Waals surface area contributed by atoms with Crippen molar-refractivity contribution in [1.82, 2.24) is 10.2 Å². The molecule has 1 aliphatic carbocycles. The van der Waals surface area contributed by atoms with Crippen LogP contribution in [0.1, 0.15) is 46.5 Å². The predicted octanol–water partition coefficient (Wildman–Crippen LogP) is 3.85. The molecule has 2 unspecified atom stereocenters. The average Bonchev–Trinajstić information content (AvgIpc) is 2.37. The van der Waals surface area contributed by atoms with Crippen molar-refractivity contribution in [1.29, 1.82) is 0 Å². The molecule has 0 spiro atoms. The van der Waals surface area contributed by atoms with Crippen molar-refractivity contribution in [2.75, 3.05) is 26.2 Å². The third-order valence-corrected chi connectivity index (χ3v) is 4.40. The van der Waals surface area contributed by atoms with Crippen molar-refractivity contribution in [3.8, 4) is 0 Å². The highest BCUT2D eigenvalue weighted by atomic mass is 15.1. The molecule has 2 nitrogen and oxygen atoms in total. The van der Waals surface area contributed by atoms with Gasteiger partial charge in [0, 0.05) is 32.2 Å². The number of hydrogen-bond donors (Lipinski definition) is 1. The minimum atomic E-state index is 0.425. The van der Waals surface area contributed by atoms with Crippen LogP contribution in [0.3, 0.4) is 0 Å². The van der Waals surface area contributed by atoms with Crippen LogP contribution < -0.4 is 5.32 Å². The summed E-state index contributed by atoms with van der Waals surface area (Å²) in [6, 6.07) is 0.566. The Labute approximate surface area is 126 Å². The topological polar surface area (TPSA) is 15.3 Å². The van der Waals surface area contributed by atoms with Gasteiger partial charge in [0.1, 0.15) is 0 Å². The molecule has 1 N–H and O–H groups in total. The van der Waals surface area contributed by atoms with E-state index >= 15 is 0 Å². The molecular weight excluding hydrogens is 244 g/mol. The summed E-state index contributed by atoms with van der Waals surface area (Å²) in [5.41, 5.74) is 0.425. The number of nitrogens with zero attached hydrogens (tertiary/aromatic N) is 1. The van der Waals surface area contributed by atoms with Crippen LogP contribution in [0.15, 0.2) is 25.3 Å². The van der Waals surface area contributed by atoms with E-state index in [9.17, 15) is 0 Å². The van der Waals surface area contributed by atoms with Crippen molar-refractivity contribution in [3.05, 3.63) is 25.3 Å². The lowest BCUT2D eigenvalue weighted by molar-refractivity contribution is 0.0884. The van der Waals surface area contributed by atoms with E-state index in [1.165, 1.54) is 25.7 Å². The minimum absolute atomic E-state index is 0.425. The van der Waals surface area contributed by atoms with Gasteiger partial charge in [0.2, 0.25) is 0 Å². The van der Waals surface area contributed by atoms with Gasteiger partial charge in [-0.3, -0.25) is 4.90 Å². The molecule has 1 aliphatic rings. The van der Waals surface area contributed by atoms with Gasteiger partial charge in [-0.2, -0.15) is 0 Å². The SMILES string of the molecule is C=CCN(CC=C)CC1(CNC(C)C)CCCC(C)C1. The molecule has 0 radical (unpaired) electrons. The van der Waals surface area contributed by atoms with Crippen LogP contribution in [0.25, 0.3) is 0 Å². The molecule has 0 heterocycles. The second kappa shape index (κ2) is 8.63. The van der Waals surface area contributed by atoms with Crippen molar-refractivity contribution in [2.24, 2.45) is 11.3 Å². The Bertz CT molecular complexity index is 288. The molecule has 20 heavy (non-hydrogen) atoms. The summed E-state index contributed by atoms with van der Waals surface area (Å²) < 4.78 is 0. The largest absolute Gasteiger partial charge is 0.314 e. The van der Waals surface area contributed by atoms with Crippen LogP contribution in [0, 0.1) is 11.3 Å². The number of nitrogens with one attached hydrogen (secondary N) is 1. The normalized spacial score (nSPS) is 26.9. The molecule has 0 aromatic rings. The fourth-order valence-corrected chi connectivity index (χ4v) is 3.59. The lowest BCUT2D eigenvalue weighted by Gasteiger charge is -2.43. The smallest absolute Gasteiger partial charge is 0.0164 e. The molecule has 0 saturated heterocycles. The molecule has 2 heteroatoms. The Morgan fingerprint density at radius 2 is 1.95 bits per heavy atom. The Hall–Kier alpha value is -0.600. The van der Waals surface area contributed by atoms with Gasteiger partial charge in [-0.1, -0.05) is 45.8 Å². The van der Waals surface area contributed by atoms with E-state index in [1.54, 1.807) is 0 Å². The van der Waals surface area contributed by atoms with Crippen LogP contribution >= 0.6 is 0 Å². The van der Waals surface area contributed by atoms with E-state index < -0.39 is 0 Å². The molecule has 116 valence electrons. The maximum absolute atomic E-state index is 3.90. The fraction of sp³-hybridized carbons (Fsp3) is 0.778. The van der Waals surface area contributed by atoms with E-state index in [-0.39, 0.29) is 0 Å². The molecular formula is C18H34N2. The maximum Gasteiger partial charge on any atom is 0.0164 e. The predicted molar refractivity (Wildman–Crippen MR) is 90.0 cm³/mol. The Morgan fingerprint density at radius 1 is 1.30 bits per heavy atom. The molecule has 1 fully saturated rings. The van der Waals surface area contributed by atoms with Crippen LogP contribution in [0.2, 0.25) is 0 Å². The molecule has 0 bridgehead atoms. The second-order valence-corrected chi connectivity index (χ2v) is 7.01. The van der Waals surface area contributed by atoms with Crippen molar-refractivity contribution >= 4 is 0 Å². The molecule has 0 aliphatic heterocycles. The van der Waals surface area contributed by atoms with Crippen molar-refractivity contribution < 1.29 is 0 Å². The first-order valence-electron chi connectivity index (χ1n) is 8.19. The second-order valence-electron chi connectivity index (χ2n) is 7.01. The van der Waals surface area contributed by atoms with Gasteiger partial charge in [-0.15, -0.1) is 13.2 Å². The summed E-state index contributed by atoms with van der Waals surface area (Å²) in [5.74, 6) is 0.854. The maximum atomic E-state index is 3.90. The average molecular weight is 278 g/mol. The first kappa shape index (κ1) is 17.5. The van der Waals surface area contributed by atoms with E-state index in [2.05, 4.69) is 44.1 Å². The Kier molecular flexibility index (Phi) is 7.53. The highest BCUT2D eigenvalue weighted by Gasteiger charge is 2.36. The quantitative estimate of drug-likeness (QED) is 0.644. The highest BCUT2D eigenvalue weighted by molar-refractivity contribution is 4.92. The standard InChI is InChI=1S/C18H34N2/c1-6-11-20(12-7-2)15-18(14-19-16(3)4)10-8-9-17(5)13-18/h6-7,16-17,19H,1-2,8-15H2,3-5H3. The van der Waals surface area contributed by atoms with E-state index in [1.807, 2.05) is 12.2 Å². The van der Waals surface area contributed by atoms with Gasteiger partial charge >= 0.3 is 0 Å². The first-order chi connectivity index (χ1) is 9.51. The van der Waals surface area contributed by atoms with Gasteiger partial charge < -0.3 is 5.32 Å². The van der Waals surface area contributed by atoms with Gasteiger partial charge in [-0.05, 0) is 24.2 Å². The molecule has 0 aromatic heterocycles. The zero-order chi connectivity index (χ0) is 15.0. The van der Waals surface area contributed by atoms with Crippen LogP contribution in [-0.2, 0) is 0 Å². The molecule has 2 atom stereocenters. The van der Waals surface area contributed by atoms with Gasteiger partial charge in [-0.25, -0.2) is 0 Å². The zero-order valence-electron chi connectivity index (χ0n) is 13.8. The summed E-state index contributed by atoms with van der Waals surface area (Å²) in [4.78, 5) is 2.49. The Morgan fingerprint density at radius 3 is 2.45 bits per heavy atom. The third-order valence-electron chi connectivity index (χ3n) is 4.40. The minimum Gasteiger partial charge on any atom is -0.314 e. The third kappa shape index (κ3) is 5.80. The van der Waals surface area contributed by atoms with Crippen LogP contribution in [0.4, 0.5) is 0 Å². The fourth-order valence-electron chi connectivity index (χ4n) is 3.59. The van der Waals surface area contributed by atoms with E-state index in [4.69, 9.17) is 0 Å². The first-order valence-corrected chi connectivity index (χ1v) is 8.19. The van der Waals surface area contributed by atoms with E-state index in [0.717, 1.165) is 32.1 Å². The lowest BCUT2D eigenvalue weighted by Crippen LogP contribution is -2.48. The van der Waals surface area contributed by atoms with Gasteiger partial charge in [0.05, 0.1) is 0 Å². The van der Waals surface area contributed by atoms with Gasteiger partial charge in [0.15, 0.2) is 0 Å². The van der Waals surface area contributed by atoms with Crippen molar-refractivity contribution in [2.45, 2.75) is 52.5 Å². The molecule has 1 saturated carbocycles. The van der Waals surface area contributed by atoms with Crippen molar-refractivity contribution in [3.63, 3.8) is 0 Å². The Balaban J connectivity index is 2.73. The highest BCUT2D eigenvalue weighted by Crippen LogP contribution is 2.39. The van der Waals surface area contributed by atoms with E-state index in [0.29, 0.717) is 11.5 Å². The summed E-state index contributed by atoms with van der Waals surface area (Å²) in [6.45, 7) is 18.9.